The fraction of sp³-hybridized carbons (Fsp3) is 0.385. The predicted molar refractivity (Wildman–Crippen MR) is 83.3 cm³/mol. The smallest absolute Gasteiger partial charge is 0.222 e. The monoisotopic (exact) mass is 320 g/mol. The van der Waals surface area contributed by atoms with Crippen LogP contribution in [0.3, 0.4) is 0 Å². The molecule has 2 amide bonds. The maximum Gasteiger partial charge on any atom is 0.222 e. The molecule has 6 N–H and O–H groups in total. The van der Waals surface area contributed by atoms with Crippen molar-refractivity contribution in [1.29, 1.82) is 0 Å². The molecule has 0 aliphatic carbocycles. The number of carbonyl (C=O) groups excluding carboxylic acids is 2. The van der Waals surface area contributed by atoms with Gasteiger partial charge in [-0.3, -0.25) is 9.59 Å². The highest BCUT2D eigenvalue weighted by atomic mass is 16.1. The van der Waals surface area contributed by atoms with Gasteiger partial charge in [-0.05, 0) is 18.6 Å². The lowest BCUT2D eigenvalue weighted by atomic mass is 10.3. The summed E-state index contributed by atoms with van der Waals surface area (Å²) in [5.41, 5.74) is 11.5. The molecule has 1 aliphatic rings. The van der Waals surface area contributed by atoms with Crippen molar-refractivity contribution in [2.75, 3.05) is 18.4 Å². The summed E-state index contributed by atoms with van der Waals surface area (Å²) >= 11 is 0. The zero-order chi connectivity index (χ0) is 16.8. The number of nitrogens with zero attached hydrogens (tertiary/aromatic N) is 4. The first-order valence-electron chi connectivity index (χ1n) is 7.07. The van der Waals surface area contributed by atoms with E-state index in [4.69, 9.17) is 11.5 Å². The van der Waals surface area contributed by atoms with E-state index in [-0.39, 0.29) is 17.8 Å². The maximum absolute atomic E-state index is 11.0. The number of rotatable bonds is 6. The van der Waals surface area contributed by atoms with E-state index in [0.717, 1.165) is 13.0 Å². The number of nitrogens with two attached hydrogens (primary N) is 2. The summed E-state index contributed by atoms with van der Waals surface area (Å²) in [6.45, 7) is 2.84. The van der Waals surface area contributed by atoms with Crippen LogP contribution >= 0.6 is 0 Å². The van der Waals surface area contributed by atoms with Crippen LogP contribution in [0.2, 0.25) is 0 Å². The number of hydrogen-bond acceptors (Lipinski definition) is 7. The van der Waals surface area contributed by atoms with Gasteiger partial charge < -0.3 is 27.0 Å². The second-order valence-corrected chi connectivity index (χ2v) is 5.13. The summed E-state index contributed by atoms with van der Waals surface area (Å²) in [5.74, 6) is 1.00. The van der Waals surface area contributed by atoms with Crippen LogP contribution in [0, 0.1) is 0 Å². The van der Waals surface area contributed by atoms with Gasteiger partial charge in [-0.15, -0.1) is 5.10 Å². The Morgan fingerprint density at radius 3 is 2.91 bits per heavy atom. The molecule has 0 radical (unpaired) electrons. The highest BCUT2D eigenvalue weighted by Crippen LogP contribution is 2.23. The molecule has 1 saturated heterocycles. The zero-order valence-electron chi connectivity index (χ0n) is 12.8. The van der Waals surface area contributed by atoms with Crippen molar-refractivity contribution >= 4 is 18.1 Å². The normalized spacial score (nSPS) is 18.8. The molecular formula is C13H20N8O2. The van der Waals surface area contributed by atoms with E-state index < -0.39 is 0 Å². The molecule has 1 unspecified atom stereocenters. The van der Waals surface area contributed by atoms with Gasteiger partial charge in [0, 0.05) is 20.0 Å². The first-order chi connectivity index (χ1) is 11.0. The largest absolute Gasteiger partial charge is 0.385 e. The van der Waals surface area contributed by atoms with Crippen molar-refractivity contribution in [2.24, 2.45) is 11.5 Å². The number of carbonyl (C=O) groups is 2. The van der Waals surface area contributed by atoms with Gasteiger partial charge in [0.2, 0.25) is 12.3 Å². The average molecular weight is 320 g/mol. The van der Waals surface area contributed by atoms with E-state index in [1.54, 1.807) is 17.0 Å². The summed E-state index contributed by atoms with van der Waals surface area (Å²) in [6, 6.07) is 0.117. The number of hydrogen-bond donors (Lipinski definition) is 4. The third kappa shape index (κ3) is 4.46. The number of nitrogens with one attached hydrogen (secondary N) is 2. The molecular weight excluding hydrogens is 300 g/mol. The third-order valence-electron chi connectivity index (χ3n) is 3.38. The minimum absolute atomic E-state index is 0.117. The van der Waals surface area contributed by atoms with Crippen molar-refractivity contribution < 1.29 is 9.59 Å². The molecule has 2 heterocycles. The van der Waals surface area contributed by atoms with Crippen LogP contribution < -0.4 is 22.1 Å². The minimum atomic E-state index is -0.189. The summed E-state index contributed by atoms with van der Waals surface area (Å²) in [7, 11) is 0. The molecule has 10 nitrogen and oxygen atoms in total. The number of aromatic nitrogens is 3. The molecule has 0 bridgehead atoms. The van der Waals surface area contributed by atoms with Crippen LogP contribution in [-0.2, 0) is 9.59 Å². The van der Waals surface area contributed by atoms with Gasteiger partial charge >= 0.3 is 0 Å². The molecule has 0 aromatic carbocycles. The quantitative estimate of drug-likeness (QED) is 0.382. The van der Waals surface area contributed by atoms with Crippen molar-refractivity contribution in [2.45, 2.75) is 19.4 Å². The van der Waals surface area contributed by atoms with Crippen molar-refractivity contribution in [1.82, 2.24) is 25.2 Å². The molecule has 1 atom stereocenters. The van der Waals surface area contributed by atoms with Crippen LogP contribution in [0.5, 0.6) is 0 Å². The summed E-state index contributed by atoms with van der Waals surface area (Å²) < 4.78 is 1.72. The molecule has 1 aromatic heterocycles. The van der Waals surface area contributed by atoms with Gasteiger partial charge in [-0.25, -0.2) is 4.68 Å². The predicted octanol–water partition coefficient (Wildman–Crippen LogP) is -1.17. The molecule has 2 rings (SSSR count). The van der Waals surface area contributed by atoms with E-state index in [1.165, 1.54) is 13.0 Å². The Hall–Kier alpha value is -3.04. The Labute approximate surface area is 133 Å². The fourth-order valence-corrected chi connectivity index (χ4v) is 2.28. The van der Waals surface area contributed by atoms with Crippen LogP contribution in [-0.4, -0.2) is 45.3 Å². The topological polar surface area (TPSA) is 144 Å². The Balaban J connectivity index is 1.96. The summed E-state index contributed by atoms with van der Waals surface area (Å²) in [6.07, 6.45) is 6.21. The molecule has 1 aromatic rings. The molecule has 1 fully saturated rings. The zero-order valence-corrected chi connectivity index (χ0v) is 12.8. The van der Waals surface area contributed by atoms with Gasteiger partial charge in [-0.1, -0.05) is 5.21 Å². The van der Waals surface area contributed by atoms with Crippen molar-refractivity contribution in [3.05, 3.63) is 30.0 Å². The van der Waals surface area contributed by atoms with Crippen LogP contribution in [0.4, 0.5) is 5.82 Å². The molecule has 10 heteroatoms. The van der Waals surface area contributed by atoms with E-state index in [1.807, 2.05) is 4.90 Å². The Morgan fingerprint density at radius 2 is 2.22 bits per heavy atom. The lowest BCUT2D eigenvalue weighted by Gasteiger charge is -2.18. The van der Waals surface area contributed by atoms with Gasteiger partial charge in [0.15, 0.2) is 5.82 Å². The van der Waals surface area contributed by atoms with Crippen LogP contribution in [0.25, 0.3) is 0 Å². The number of allylic oxidation sites excluding steroid dienone is 2. The van der Waals surface area contributed by atoms with E-state index in [2.05, 4.69) is 20.9 Å². The number of likely N-dealkylation sites (tertiary alicyclic amines) is 1. The molecule has 0 spiro atoms. The lowest BCUT2D eigenvalue weighted by molar-refractivity contribution is -0.114. The Morgan fingerprint density at radius 1 is 1.43 bits per heavy atom. The van der Waals surface area contributed by atoms with E-state index >= 15 is 0 Å². The maximum atomic E-state index is 11.0. The van der Waals surface area contributed by atoms with Gasteiger partial charge in [0.1, 0.15) is 5.82 Å². The highest BCUT2D eigenvalue weighted by Gasteiger charge is 2.25. The fourth-order valence-electron chi connectivity index (χ4n) is 2.28. The average Bonchev–Trinajstić information content (AvgIpc) is 3.13. The summed E-state index contributed by atoms with van der Waals surface area (Å²) in [4.78, 5) is 23.2. The van der Waals surface area contributed by atoms with E-state index in [9.17, 15) is 9.59 Å². The highest BCUT2D eigenvalue weighted by molar-refractivity contribution is 5.87. The van der Waals surface area contributed by atoms with Gasteiger partial charge in [0.05, 0.1) is 18.1 Å². The molecule has 0 saturated carbocycles. The molecule has 124 valence electrons. The Bertz CT molecular complexity index is 636. The van der Waals surface area contributed by atoms with E-state index in [0.29, 0.717) is 24.6 Å². The van der Waals surface area contributed by atoms with Gasteiger partial charge in [-0.2, -0.15) is 0 Å². The van der Waals surface area contributed by atoms with Gasteiger partial charge in [0.25, 0.3) is 0 Å². The second-order valence-electron chi connectivity index (χ2n) is 5.13. The minimum Gasteiger partial charge on any atom is -0.385 e. The Kier molecular flexibility index (Phi) is 5.18. The molecule has 1 aliphatic heterocycles. The third-order valence-corrected chi connectivity index (χ3v) is 3.38. The second kappa shape index (κ2) is 7.29. The first-order valence-corrected chi connectivity index (χ1v) is 7.07. The first kappa shape index (κ1) is 16.3. The standard InChI is InChI=1S/C13H20N8O2/c1-9(23)17-13-7-21(19-18-13)10-4-5-20(6-10)12(15)3-2-11(14)16-8-22/h2-3,7-8,10H,4-6,14-15H2,1H3,(H,16,22)(H,17,23)/b11-2+,12-3+. The number of amides is 2. The van der Waals surface area contributed by atoms with Crippen LogP contribution in [0.15, 0.2) is 30.0 Å². The molecule has 23 heavy (non-hydrogen) atoms. The van der Waals surface area contributed by atoms with Crippen molar-refractivity contribution in [3.63, 3.8) is 0 Å². The number of anilines is 1. The lowest BCUT2D eigenvalue weighted by Crippen LogP contribution is -2.26. The van der Waals surface area contributed by atoms with Crippen LogP contribution in [0.1, 0.15) is 19.4 Å². The SMILES string of the molecule is CC(=O)Nc1cn(C2CCN(/C(N)=C/C=C(\N)NC=O)C2)nn1. The summed E-state index contributed by atoms with van der Waals surface area (Å²) in [5, 5.41) is 12.8. The van der Waals surface area contributed by atoms with Crippen molar-refractivity contribution in [3.8, 4) is 0 Å².